The number of thioether (sulfide) groups is 1. The second-order valence-corrected chi connectivity index (χ2v) is 5.44. The Labute approximate surface area is 105 Å². The number of aryl methyl sites for hydroxylation is 2. The van der Waals surface area contributed by atoms with E-state index in [4.69, 9.17) is 0 Å². The maximum absolute atomic E-state index is 3.98. The molecule has 0 saturated heterocycles. The van der Waals surface area contributed by atoms with E-state index in [1.807, 2.05) is 13.1 Å². The minimum Gasteiger partial charge on any atom is -0.224 e. The van der Waals surface area contributed by atoms with Crippen LogP contribution >= 0.6 is 11.8 Å². The van der Waals surface area contributed by atoms with Crippen molar-refractivity contribution in [2.75, 3.05) is 0 Å². The monoisotopic (exact) mass is 248 g/mol. The third-order valence-electron chi connectivity index (χ3n) is 2.57. The number of hydrogen-bond acceptors (Lipinski definition) is 4. The highest BCUT2D eigenvalue weighted by Crippen LogP contribution is 2.22. The van der Waals surface area contributed by atoms with E-state index >= 15 is 0 Å². The number of rotatable bonds is 5. The van der Waals surface area contributed by atoms with Crippen LogP contribution in [0.15, 0.2) is 35.5 Å². The second-order valence-electron chi connectivity index (χ2n) is 4.04. The van der Waals surface area contributed by atoms with Crippen molar-refractivity contribution < 1.29 is 0 Å². The van der Waals surface area contributed by atoms with Crippen molar-refractivity contribution in [2.45, 2.75) is 30.2 Å². The third-order valence-corrected chi connectivity index (χ3v) is 3.76. The number of aromatic nitrogens is 4. The van der Waals surface area contributed by atoms with Gasteiger partial charge in [0.15, 0.2) is 0 Å². The summed E-state index contributed by atoms with van der Waals surface area (Å²) >= 11 is 1.72. The number of nitrogens with zero attached hydrogens (tertiary/aromatic N) is 4. The molecule has 0 spiro atoms. The molecule has 0 N–H and O–H groups in total. The molecule has 0 amide bonds. The van der Waals surface area contributed by atoms with Crippen LogP contribution in [0, 0.1) is 0 Å². The molecule has 2 rings (SSSR count). The van der Waals surface area contributed by atoms with Crippen LogP contribution in [0.5, 0.6) is 0 Å². The topological polar surface area (TPSA) is 43.6 Å². The van der Waals surface area contributed by atoms with Gasteiger partial charge in [-0.05, 0) is 28.8 Å². The van der Waals surface area contributed by atoms with E-state index < -0.39 is 0 Å². The Kier molecular flexibility index (Phi) is 4.14. The van der Waals surface area contributed by atoms with Crippen LogP contribution in [-0.2, 0) is 13.5 Å². The fourth-order valence-electron chi connectivity index (χ4n) is 1.57. The Morgan fingerprint density at radius 2 is 2.06 bits per heavy atom. The van der Waals surface area contributed by atoms with Crippen LogP contribution in [0.2, 0.25) is 0 Å². The zero-order valence-electron chi connectivity index (χ0n) is 10.1. The lowest BCUT2D eigenvalue weighted by Gasteiger charge is -2.09. The normalized spacial score (nSPS) is 12.6. The molecule has 0 fully saturated rings. The molecule has 0 radical (unpaired) electrons. The summed E-state index contributed by atoms with van der Waals surface area (Å²) in [4.78, 5) is 0. The quantitative estimate of drug-likeness (QED) is 0.762. The summed E-state index contributed by atoms with van der Waals surface area (Å²) < 4.78 is 1.71. The molecule has 4 nitrogen and oxygen atoms in total. The molecule has 1 aromatic heterocycles. The standard InChI is InChI=1S/C12H16N4S/c1-10(17-12-13-14-15-16(12)2)8-9-11-6-4-3-5-7-11/h3-7,10H,8-9H2,1-2H3. The maximum atomic E-state index is 3.98. The van der Waals surface area contributed by atoms with Crippen LogP contribution in [0.4, 0.5) is 0 Å². The SMILES string of the molecule is CC(CCc1ccccc1)Sc1nnnn1C. The Morgan fingerprint density at radius 3 is 2.71 bits per heavy atom. The molecule has 17 heavy (non-hydrogen) atoms. The highest BCUT2D eigenvalue weighted by Gasteiger charge is 2.09. The van der Waals surface area contributed by atoms with Crippen molar-refractivity contribution in [2.24, 2.45) is 7.05 Å². The highest BCUT2D eigenvalue weighted by molar-refractivity contribution is 7.99. The van der Waals surface area contributed by atoms with Crippen molar-refractivity contribution in [3.05, 3.63) is 35.9 Å². The lowest BCUT2D eigenvalue weighted by atomic mass is 10.1. The number of hydrogen-bond donors (Lipinski definition) is 0. The molecule has 0 bridgehead atoms. The first-order chi connectivity index (χ1) is 8.25. The van der Waals surface area contributed by atoms with E-state index in [9.17, 15) is 0 Å². The van der Waals surface area contributed by atoms with Gasteiger partial charge in [-0.25, -0.2) is 4.68 Å². The first kappa shape index (κ1) is 12.1. The van der Waals surface area contributed by atoms with E-state index in [2.05, 4.69) is 46.7 Å². The van der Waals surface area contributed by atoms with Gasteiger partial charge in [-0.1, -0.05) is 49.0 Å². The summed E-state index contributed by atoms with van der Waals surface area (Å²) in [6.45, 7) is 2.21. The van der Waals surface area contributed by atoms with E-state index in [0.717, 1.165) is 18.0 Å². The summed E-state index contributed by atoms with van der Waals surface area (Å²) in [7, 11) is 1.87. The average molecular weight is 248 g/mol. The summed E-state index contributed by atoms with van der Waals surface area (Å²) in [5.74, 6) is 0. The highest BCUT2D eigenvalue weighted by atomic mass is 32.2. The van der Waals surface area contributed by atoms with Crippen LogP contribution in [-0.4, -0.2) is 25.5 Å². The van der Waals surface area contributed by atoms with Gasteiger partial charge in [-0.3, -0.25) is 0 Å². The summed E-state index contributed by atoms with van der Waals surface area (Å²) in [5.41, 5.74) is 1.39. The van der Waals surface area contributed by atoms with Gasteiger partial charge >= 0.3 is 0 Å². The van der Waals surface area contributed by atoms with Gasteiger partial charge in [0.1, 0.15) is 0 Å². The minimum absolute atomic E-state index is 0.514. The lowest BCUT2D eigenvalue weighted by molar-refractivity contribution is 0.662. The number of benzene rings is 1. The Balaban J connectivity index is 1.82. The van der Waals surface area contributed by atoms with Crippen molar-refractivity contribution in [1.29, 1.82) is 0 Å². The number of tetrazole rings is 1. The Morgan fingerprint density at radius 1 is 1.29 bits per heavy atom. The predicted molar refractivity (Wildman–Crippen MR) is 68.9 cm³/mol. The zero-order chi connectivity index (χ0) is 12.1. The van der Waals surface area contributed by atoms with Crippen molar-refractivity contribution in [1.82, 2.24) is 20.2 Å². The zero-order valence-corrected chi connectivity index (χ0v) is 10.9. The second kappa shape index (κ2) is 5.82. The molecule has 5 heteroatoms. The first-order valence-corrected chi connectivity index (χ1v) is 6.56. The molecule has 0 aliphatic heterocycles. The molecule has 0 aliphatic carbocycles. The van der Waals surface area contributed by atoms with E-state index in [-0.39, 0.29) is 0 Å². The van der Waals surface area contributed by atoms with Gasteiger partial charge in [0, 0.05) is 12.3 Å². The van der Waals surface area contributed by atoms with Gasteiger partial charge in [-0.15, -0.1) is 5.10 Å². The predicted octanol–water partition coefficient (Wildman–Crippen LogP) is 2.32. The molecule has 0 saturated carbocycles. The molecule has 2 aromatic rings. The van der Waals surface area contributed by atoms with Gasteiger partial charge in [0.2, 0.25) is 5.16 Å². The van der Waals surface area contributed by atoms with Crippen LogP contribution in [0.25, 0.3) is 0 Å². The summed E-state index contributed by atoms with van der Waals surface area (Å²) in [6, 6.07) is 10.6. The smallest absolute Gasteiger partial charge is 0.209 e. The molecule has 1 unspecified atom stereocenters. The van der Waals surface area contributed by atoms with Gasteiger partial charge < -0.3 is 0 Å². The molecule has 1 aromatic carbocycles. The fraction of sp³-hybridized carbons (Fsp3) is 0.417. The van der Waals surface area contributed by atoms with Crippen LogP contribution < -0.4 is 0 Å². The molecular formula is C12H16N4S. The fourth-order valence-corrected chi connectivity index (χ4v) is 2.44. The van der Waals surface area contributed by atoms with E-state index in [0.29, 0.717) is 5.25 Å². The Bertz CT molecular complexity index is 455. The summed E-state index contributed by atoms with van der Waals surface area (Å²) in [6.07, 6.45) is 2.22. The van der Waals surface area contributed by atoms with Crippen LogP contribution in [0.1, 0.15) is 18.9 Å². The van der Waals surface area contributed by atoms with Gasteiger partial charge in [0.05, 0.1) is 0 Å². The van der Waals surface area contributed by atoms with Crippen LogP contribution in [0.3, 0.4) is 0 Å². The lowest BCUT2D eigenvalue weighted by Crippen LogP contribution is -2.02. The minimum atomic E-state index is 0.514. The summed E-state index contributed by atoms with van der Waals surface area (Å²) in [5, 5.41) is 12.8. The third kappa shape index (κ3) is 3.56. The van der Waals surface area contributed by atoms with E-state index in [1.54, 1.807) is 16.4 Å². The Hall–Kier alpha value is -1.36. The molecule has 1 atom stereocenters. The van der Waals surface area contributed by atoms with Gasteiger partial charge in [-0.2, -0.15) is 0 Å². The van der Waals surface area contributed by atoms with Gasteiger partial charge in [0.25, 0.3) is 0 Å². The largest absolute Gasteiger partial charge is 0.224 e. The molecular weight excluding hydrogens is 232 g/mol. The average Bonchev–Trinajstić information content (AvgIpc) is 2.74. The van der Waals surface area contributed by atoms with Crippen molar-refractivity contribution in [3.8, 4) is 0 Å². The first-order valence-electron chi connectivity index (χ1n) is 5.68. The molecule has 90 valence electrons. The van der Waals surface area contributed by atoms with E-state index in [1.165, 1.54) is 5.56 Å². The van der Waals surface area contributed by atoms with Crippen molar-refractivity contribution in [3.63, 3.8) is 0 Å². The molecule has 0 aliphatic rings. The van der Waals surface area contributed by atoms with Crippen molar-refractivity contribution >= 4 is 11.8 Å². The molecule has 1 heterocycles. The maximum Gasteiger partial charge on any atom is 0.209 e.